The number of hydrogen-bond donors (Lipinski definition) is 0. The number of benzene rings is 2. The second-order valence-electron chi connectivity index (χ2n) is 8.67. The van der Waals surface area contributed by atoms with Gasteiger partial charge in [0, 0.05) is 17.2 Å². The van der Waals surface area contributed by atoms with Gasteiger partial charge in [-0.1, -0.05) is 30.4 Å². The Kier molecular flexibility index (Phi) is 5.80. The third-order valence-electron chi connectivity index (χ3n) is 6.65. The van der Waals surface area contributed by atoms with E-state index >= 15 is 0 Å². The molecular weight excluding hydrogens is 457 g/mol. The number of nitro groups is 1. The molecule has 0 unspecified atom stereocenters. The van der Waals surface area contributed by atoms with Gasteiger partial charge in [0.1, 0.15) is 12.4 Å². The van der Waals surface area contributed by atoms with Crippen LogP contribution >= 0.6 is 0 Å². The Morgan fingerprint density at radius 1 is 1.14 bits per heavy atom. The van der Waals surface area contributed by atoms with Gasteiger partial charge >= 0.3 is 5.69 Å². The standard InChI is InChI=1S/C25H22FN3O6/c1-2-34-20-10-14(9-19(29(32)33)23(20)35-13-17-5-3-4-6-18(17)26)12-27-28-24(30)21-15-7-8-16(11-15)22(21)25(28)31/h3-10,12,15-16,21-22H,2,11,13H2,1H3/t15-,16-,21-,22+/m0/s1. The van der Waals surface area contributed by atoms with Gasteiger partial charge in [-0.15, -0.1) is 0 Å². The second kappa shape index (κ2) is 8.94. The predicted molar refractivity (Wildman–Crippen MR) is 122 cm³/mol. The zero-order valence-electron chi connectivity index (χ0n) is 18.8. The molecule has 10 heteroatoms. The van der Waals surface area contributed by atoms with Gasteiger partial charge in [-0.3, -0.25) is 19.7 Å². The summed E-state index contributed by atoms with van der Waals surface area (Å²) in [7, 11) is 0. The predicted octanol–water partition coefficient (Wildman–Crippen LogP) is 3.85. The number of halogens is 1. The van der Waals surface area contributed by atoms with Crippen molar-refractivity contribution in [3.63, 3.8) is 0 Å². The number of nitrogens with zero attached hydrogens (tertiary/aromatic N) is 3. The molecule has 180 valence electrons. The zero-order valence-corrected chi connectivity index (χ0v) is 18.8. The fourth-order valence-corrected chi connectivity index (χ4v) is 5.12. The molecule has 2 fully saturated rings. The molecule has 2 amide bonds. The first-order chi connectivity index (χ1) is 16.9. The first-order valence-electron chi connectivity index (χ1n) is 11.3. The SMILES string of the molecule is CCOc1cc(C=NN2C(=O)[C@@H]3[C@H](C2=O)[C@H]2C=C[C@H]3C2)cc([N+](=O)[O-])c1OCc1ccccc1F. The molecular formula is C25H22FN3O6. The number of carbonyl (C=O) groups is 2. The number of hydrazone groups is 1. The average Bonchev–Trinajstić information content (AvgIpc) is 3.52. The Balaban J connectivity index is 1.42. The van der Waals surface area contributed by atoms with Crippen molar-refractivity contribution in [2.24, 2.45) is 28.8 Å². The summed E-state index contributed by atoms with van der Waals surface area (Å²) in [6.07, 6.45) is 6.01. The van der Waals surface area contributed by atoms with Crippen LogP contribution < -0.4 is 9.47 Å². The van der Waals surface area contributed by atoms with Crippen LogP contribution in [0.1, 0.15) is 24.5 Å². The summed E-state index contributed by atoms with van der Waals surface area (Å²) in [6, 6.07) is 8.63. The normalized spacial score (nSPS) is 24.5. The van der Waals surface area contributed by atoms with Gasteiger partial charge in [-0.25, -0.2) is 4.39 Å². The fraction of sp³-hybridized carbons (Fsp3) is 0.320. The molecule has 0 N–H and O–H groups in total. The molecule has 1 heterocycles. The van der Waals surface area contributed by atoms with Crippen molar-refractivity contribution < 1.29 is 28.4 Å². The number of imide groups is 1. The lowest BCUT2D eigenvalue weighted by molar-refractivity contribution is -0.386. The third kappa shape index (κ3) is 3.94. The van der Waals surface area contributed by atoms with Crippen LogP contribution in [0.15, 0.2) is 53.7 Å². The summed E-state index contributed by atoms with van der Waals surface area (Å²) in [5.74, 6) is -1.95. The van der Waals surface area contributed by atoms with Crippen molar-refractivity contribution in [3.8, 4) is 11.5 Å². The molecule has 1 aliphatic heterocycles. The number of fused-ring (bicyclic) bond motifs is 5. The first-order valence-corrected chi connectivity index (χ1v) is 11.3. The topological polar surface area (TPSA) is 111 Å². The maximum Gasteiger partial charge on any atom is 0.315 e. The lowest BCUT2D eigenvalue weighted by Crippen LogP contribution is -2.28. The molecule has 9 nitrogen and oxygen atoms in total. The number of nitro benzene ring substituents is 1. The molecule has 0 spiro atoms. The van der Waals surface area contributed by atoms with Gasteiger partial charge in [-0.2, -0.15) is 10.1 Å². The number of rotatable bonds is 8. The highest BCUT2D eigenvalue weighted by atomic mass is 19.1. The van der Waals surface area contributed by atoms with E-state index in [4.69, 9.17) is 9.47 Å². The average molecular weight is 479 g/mol. The van der Waals surface area contributed by atoms with Crippen molar-refractivity contribution in [2.75, 3.05) is 6.61 Å². The number of ether oxygens (including phenoxy) is 2. The number of allylic oxidation sites excluding steroid dienone is 2. The van der Waals surface area contributed by atoms with Gasteiger partial charge in [0.25, 0.3) is 11.8 Å². The maximum absolute atomic E-state index is 14.0. The van der Waals surface area contributed by atoms with Crippen LogP contribution in [0, 0.1) is 39.6 Å². The summed E-state index contributed by atoms with van der Waals surface area (Å²) in [5, 5.41) is 16.8. The van der Waals surface area contributed by atoms with Crippen LogP contribution in [0.2, 0.25) is 0 Å². The van der Waals surface area contributed by atoms with E-state index in [-0.39, 0.29) is 59.5 Å². The monoisotopic (exact) mass is 479 g/mol. The van der Waals surface area contributed by atoms with Crippen molar-refractivity contribution in [3.05, 3.63) is 75.6 Å². The lowest BCUT2D eigenvalue weighted by Gasteiger charge is -2.14. The van der Waals surface area contributed by atoms with Crippen molar-refractivity contribution >= 4 is 23.7 Å². The van der Waals surface area contributed by atoms with E-state index in [9.17, 15) is 24.1 Å². The highest BCUT2D eigenvalue weighted by molar-refractivity contribution is 6.06. The summed E-state index contributed by atoms with van der Waals surface area (Å²) >= 11 is 0. The number of hydrogen-bond acceptors (Lipinski definition) is 7. The highest BCUT2D eigenvalue weighted by Crippen LogP contribution is 2.52. The minimum Gasteiger partial charge on any atom is -0.490 e. The van der Waals surface area contributed by atoms with Crippen molar-refractivity contribution in [1.29, 1.82) is 0 Å². The maximum atomic E-state index is 14.0. The van der Waals surface area contributed by atoms with Gasteiger partial charge in [0.15, 0.2) is 5.75 Å². The van der Waals surface area contributed by atoms with Gasteiger partial charge in [-0.05, 0) is 37.3 Å². The van der Waals surface area contributed by atoms with E-state index in [0.717, 1.165) is 11.4 Å². The Bertz CT molecular complexity index is 1250. The molecule has 1 saturated carbocycles. The highest BCUT2D eigenvalue weighted by Gasteiger charge is 2.59. The molecule has 4 atom stereocenters. The van der Waals surface area contributed by atoms with Crippen LogP contribution in [0.5, 0.6) is 11.5 Å². The molecule has 0 radical (unpaired) electrons. The van der Waals surface area contributed by atoms with E-state index in [0.29, 0.717) is 0 Å². The third-order valence-corrected chi connectivity index (χ3v) is 6.65. The Labute approximate surface area is 200 Å². The van der Waals surface area contributed by atoms with Crippen LogP contribution in [0.4, 0.5) is 10.1 Å². The van der Waals surface area contributed by atoms with E-state index < -0.39 is 28.3 Å². The molecule has 0 aromatic heterocycles. The Hall–Kier alpha value is -4.08. The first kappa shape index (κ1) is 22.7. The van der Waals surface area contributed by atoms with E-state index in [1.165, 1.54) is 36.5 Å². The second-order valence-corrected chi connectivity index (χ2v) is 8.67. The summed E-state index contributed by atoms with van der Waals surface area (Å²) in [6.45, 7) is 1.66. The number of amides is 2. The van der Waals surface area contributed by atoms with Gasteiger partial charge in [0.05, 0.1) is 29.6 Å². The minimum atomic E-state index is -0.642. The molecule has 2 aliphatic carbocycles. The van der Waals surface area contributed by atoms with Crippen LogP contribution in [0.25, 0.3) is 0 Å². The molecule has 3 aliphatic rings. The lowest BCUT2D eigenvalue weighted by atomic mass is 9.85. The molecule has 2 aromatic rings. The molecule has 35 heavy (non-hydrogen) atoms. The van der Waals surface area contributed by atoms with Crippen LogP contribution in [-0.2, 0) is 16.2 Å². The number of carbonyl (C=O) groups excluding carboxylic acids is 2. The minimum absolute atomic E-state index is 0.0539. The zero-order chi connectivity index (χ0) is 24.7. The quantitative estimate of drug-likeness (QED) is 0.187. The molecule has 1 saturated heterocycles. The fourth-order valence-electron chi connectivity index (χ4n) is 5.12. The van der Waals surface area contributed by atoms with Crippen LogP contribution in [-0.4, -0.2) is 34.6 Å². The van der Waals surface area contributed by atoms with E-state index in [2.05, 4.69) is 5.10 Å². The largest absolute Gasteiger partial charge is 0.490 e. The van der Waals surface area contributed by atoms with Gasteiger partial charge < -0.3 is 9.47 Å². The van der Waals surface area contributed by atoms with Crippen LogP contribution in [0.3, 0.4) is 0 Å². The van der Waals surface area contributed by atoms with E-state index in [1.807, 2.05) is 12.2 Å². The van der Waals surface area contributed by atoms with Crippen molar-refractivity contribution in [2.45, 2.75) is 20.0 Å². The summed E-state index contributed by atoms with van der Waals surface area (Å²) < 4.78 is 25.2. The molecule has 2 bridgehead atoms. The summed E-state index contributed by atoms with van der Waals surface area (Å²) in [5.41, 5.74) is 0.0685. The smallest absolute Gasteiger partial charge is 0.315 e. The summed E-state index contributed by atoms with van der Waals surface area (Å²) in [4.78, 5) is 36.8. The molecule has 5 rings (SSSR count). The van der Waals surface area contributed by atoms with E-state index in [1.54, 1.807) is 13.0 Å². The van der Waals surface area contributed by atoms with Crippen molar-refractivity contribution in [1.82, 2.24) is 5.01 Å². The van der Waals surface area contributed by atoms with Gasteiger partial charge in [0.2, 0.25) is 5.75 Å². The molecule has 2 aromatic carbocycles. The Morgan fingerprint density at radius 3 is 2.46 bits per heavy atom. The Morgan fingerprint density at radius 2 is 1.83 bits per heavy atom.